The molecule has 0 heterocycles. The van der Waals surface area contributed by atoms with Crippen molar-refractivity contribution in [2.75, 3.05) is 5.75 Å². The second kappa shape index (κ2) is 5.28. The van der Waals surface area contributed by atoms with Crippen LogP contribution < -0.4 is 0 Å². The maximum atomic E-state index is 12.6. The van der Waals surface area contributed by atoms with E-state index in [4.69, 9.17) is 0 Å². The Labute approximate surface area is 83.5 Å². The van der Waals surface area contributed by atoms with E-state index < -0.39 is 0 Å². The molecule has 0 atom stereocenters. The summed E-state index contributed by atoms with van der Waals surface area (Å²) in [5, 5.41) is 0. The standard InChI is InChI=1S/C11H15FS/c1-3-6-13-11-5-4-9(2)7-10(11)8-12/h4-5,7H,3,6,8H2,1-2H3. The van der Waals surface area contributed by atoms with Crippen LogP contribution in [0.2, 0.25) is 0 Å². The highest BCUT2D eigenvalue weighted by molar-refractivity contribution is 7.99. The highest BCUT2D eigenvalue weighted by Gasteiger charge is 2.02. The molecule has 0 amide bonds. The summed E-state index contributed by atoms with van der Waals surface area (Å²) in [6.45, 7) is 3.78. The summed E-state index contributed by atoms with van der Waals surface area (Å²) in [4.78, 5) is 1.09. The molecule has 0 aliphatic rings. The minimum absolute atomic E-state index is 0.353. The van der Waals surface area contributed by atoms with Crippen molar-refractivity contribution in [3.8, 4) is 0 Å². The molecule has 0 saturated carbocycles. The third kappa shape index (κ3) is 3.03. The fourth-order valence-corrected chi connectivity index (χ4v) is 2.05. The van der Waals surface area contributed by atoms with Crippen LogP contribution in [0.5, 0.6) is 0 Å². The number of hydrogen-bond acceptors (Lipinski definition) is 1. The zero-order chi connectivity index (χ0) is 9.68. The first-order valence-corrected chi connectivity index (χ1v) is 5.54. The number of thioether (sulfide) groups is 1. The van der Waals surface area contributed by atoms with Gasteiger partial charge in [0.15, 0.2) is 0 Å². The predicted octanol–water partition coefficient (Wildman–Crippen LogP) is 3.97. The van der Waals surface area contributed by atoms with Crippen LogP contribution in [0.4, 0.5) is 4.39 Å². The average molecular weight is 198 g/mol. The zero-order valence-corrected chi connectivity index (χ0v) is 8.96. The van der Waals surface area contributed by atoms with E-state index >= 15 is 0 Å². The number of halogens is 1. The van der Waals surface area contributed by atoms with E-state index in [9.17, 15) is 4.39 Å². The molecule has 0 saturated heterocycles. The lowest BCUT2D eigenvalue weighted by Crippen LogP contribution is -1.87. The molecule has 1 aromatic carbocycles. The minimum atomic E-state index is -0.353. The molecule has 0 aliphatic carbocycles. The van der Waals surface area contributed by atoms with Gasteiger partial charge >= 0.3 is 0 Å². The van der Waals surface area contributed by atoms with Crippen molar-refractivity contribution in [1.29, 1.82) is 0 Å². The highest BCUT2D eigenvalue weighted by Crippen LogP contribution is 2.25. The maximum Gasteiger partial charge on any atom is 0.116 e. The fourth-order valence-electron chi connectivity index (χ4n) is 1.17. The monoisotopic (exact) mass is 198 g/mol. The Morgan fingerprint density at radius 2 is 2.15 bits per heavy atom. The smallest absolute Gasteiger partial charge is 0.116 e. The summed E-state index contributed by atoms with van der Waals surface area (Å²) in [7, 11) is 0. The van der Waals surface area contributed by atoms with Crippen LogP contribution in [0, 0.1) is 6.92 Å². The van der Waals surface area contributed by atoms with Gasteiger partial charge in [-0.1, -0.05) is 24.6 Å². The van der Waals surface area contributed by atoms with E-state index in [1.807, 2.05) is 25.1 Å². The molecule has 0 aliphatic heterocycles. The molecule has 0 radical (unpaired) electrons. The molecule has 0 spiro atoms. The van der Waals surface area contributed by atoms with Gasteiger partial charge in [-0.15, -0.1) is 11.8 Å². The normalized spacial score (nSPS) is 10.4. The first-order chi connectivity index (χ1) is 6.27. The third-order valence-electron chi connectivity index (χ3n) is 1.82. The van der Waals surface area contributed by atoms with Crippen molar-refractivity contribution in [2.24, 2.45) is 0 Å². The quantitative estimate of drug-likeness (QED) is 0.660. The van der Waals surface area contributed by atoms with Crippen LogP contribution in [0.3, 0.4) is 0 Å². The molecule has 0 aromatic heterocycles. The van der Waals surface area contributed by atoms with Crippen LogP contribution in [0.25, 0.3) is 0 Å². The minimum Gasteiger partial charge on any atom is -0.246 e. The van der Waals surface area contributed by atoms with Crippen molar-refractivity contribution < 1.29 is 4.39 Å². The van der Waals surface area contributed by atoms with Gasteiger partial charge in [-0.2, -0.15) is 0 Å². The van der Waals surface area contributed by atoms with Gasteiger partial charge in [-0.25, -0.2) is 4.39 Å². The highest BCUT2D eigenvalue weighted by atomic mass is 32.2. The van der Waals surface area contributed by atoms with Crippen LogP contribution in [0.15, 0.2) is 23.1 Å². The van der Waals surface area contributed by atoms with Gasteiger partial charge in [0.2, 0.25) is 0 Å². The van der Waals surface area contributed by atoms with Crippen molar-refractivity contribution in [2.45, 2.75) is 31.8 Å². The largest absolute Gasteiger partial charge is 0.246 e. The maximum absolute atomic E-state index is 12.6. The van der Waals surface area contributed by atoms with Crippen molar-refractivity contribution in [1.82, 2.24) is 0 Å². The number of alkyl halides is 1. The molecule has 0 N–H and O–H groups in total. The second-order valence-corrected chi connectivity index (χ2v) is 4.23. The Balaban J connectivity index is 2.79. The second-order valence-electron chi connectivity index (χ2n) is 3.09. The van der Waals surface area contributed by atoms with Crippen LogP contribution in [-0.4, -0.2) is 5.75 Å². The summed E-state index contributed by atoms with van der Waals surface area (Å²) in [5.41, 5.74) is 1.96. The summed E-state index contributed by atoms with van der Waals surface area (Å²) in [6, 6.07) is 5.99. The number of benzene rings is 1. The molecule has 2 heteroatoms. The average Bonchev–Trinajstić information content (AvgIpc) is 2.16. The molecular formula is C11H15FS. The van der Waals surface area contributed by atoms with E-state index in [1.165, 1.54) is 0 Å². The molecular weight excluding hydrogens is 183 g/mol. The lowest BCUT2D eigenvalue weighted by molar-refractivity contribution is 0.480. The summed E-state index contributed by atoms with van der Waals surface area (Å²) >= 11 is 1.74. The van der Waals surface area contributed by atoms with Gasteiger partial charge in [-0.05, 0) is 30.7 Å². The van der Waals surface area contributed by atoms with E-state index in [1.54, 1.807) is 11.8 Å². The Kier molecular flexibility index (Phi) is 4.29. The van der Waals surface area contributed by atoms with Gasteiger partial charge in [0.1, 0.15) is 6.67 Å². The molecule has 1 rings (SSSR count). The number of hydrogen-bond donors (Lipinski definition) is 0. The van der Waals surface area contributed by atoms with Gasteiger partial charge in [0.25, 0.3) is 0 Å². The summed E-state index contributed by atoms with van der Waals surface area (Å²) in [5.74, 6) is 1.07. The van der Waals surface area contributed by atoms with Crippen LogP contribution in [0.1, 0.15) is 24.5 Å². The van der Waals surface area contributed by atoms with E-state index in [2.05, 4.69) is 6.92 Å². The van der Waals surface area contributed by atoms with E-state index in [-0.39, 0.29) is 6.67 Å². The lowest BCUT2D eigenvalue weighted by Gasteiger charge is -2.06. The Morgan fingerprint density at radius 3 is 2.77 bits per heavy atom. The Bertz CT molecular complexity index is 271. The predicted molar refractivity (Wildman–Crippen MR) is 57.0 cm³/mol. The topological polar surface area (TPSA) is 0 Å². The van der Waals surface area contributed by atoms with Gasteiger partial charge in [0.05, 0.1) is 0 Å². The molecule has 0 unspecified atom stereocenters. The molecule has 1 aromatic rings. The fraction of sp³-hybridized carbons (Fsp3) is 0.455. The zero-order valence-electron chi connectivity index (χ0n) is 8.14. The van der Waals surface area contributed by atoms with Crippen molar-refractivity contribution >= 4 is 11.8 Å². The molecule has 13 heavy (non-hydrogen) atoms. The molecule has 0 bridgehead atoms. The SMILES string of the molecule is CCCSc1ccc(C)cc1CF. The van der Waals surface area contributed by atoms with Crippen LogP contribution in [-0.2, 0) is 6.67 Å². The Hall–Kier alpha value is -0.500. The van der Waals surface area contributed by atoms with Gasteiger partial charge in [0, 0.05) is 4.90 Å². The van der Waals surface area contributed by atoms with Crippen molar-refractivity contribution in [3.63, 3.8) is 0 Å². The number of rotatable bonds is 4. The van der Waals surface area contributed by atoms with Crippen LogP contribution >= 0.6 is 11.8 Å². The first kappa shape index (κ1) is 10.6. The molecule has 0 nitrogen and oxygen atoms in total. The van der Waals surface area contributed by atoms with E-state index in [0.717, 1.165) is 28.2 Å². The van der Waals surface area contributed by atoms with E-state index in [0.29, 0.717) is 0 Å². The van der Waals surface area contributed by atoms with Gasteiger partial charge in [-0.3, -0.25) is 0 Å². The first-order valence-electron chi connectivity index (χ1n) is 4.56. The third-order valence-corrected chi connectivity index (χ3v) is 3.14. The summed E-state index contributed by atoms with van der Waals surface area (Å²) < 4.78 is 12.6. The number of aryl methyl sites for hydroxylation is 1. The van der Waals surface area contributed by atoms with Gasteiger partial charge < -0.3 is 0 Å². The molecule has 0 fully saturated rings. The Morgan fingerprint density at radius 1 is 1.38 bits per heavy atom. The summed E-state index contributed by atoms with van der Waals surface area (Å²) in [6.07, 6.45) is 1.13. The lowest BCUT2D eigenvalue weighted by atomic mass is 10.1. The van der Waals surface area contributed by atoms with Crippen molar-refractivity contribution in [3.05, 3.63) is 29.3 Å². The molecule has 72 valence electrons.